The van der Waals surface area contributed by atoms with Crippen LogP contribution in [-0.2, 0) is 6.42 Å². The van der Waals surface area contributed by atoms with Gasteiger partial charge in [-0.05, 0) is 35.8 Å². The molecule has 0 aromatic heterocycles. The lowest BCUT2D eigenvalue weighted by Gasteiger charge is -2.02. The van der Waals surface area contributed by atoms with Crippen LogP contribution in [0.25, 0.3) is 6.08 Å². The summed E-state index contributed by atoms with van der Waals surface area (Å²) in [7, 11) is 0. The highest BCUT2D eigenvalue weighted by atomic mass is 35.5. The SMILES string of the molecule is CCCc1ccc(C(=O)/C(C#N)=C/c2ccc(Cl)cc2)cc1. The number of allylic oxidation sites excluding steroid dienone is 1. The van der Waals surface area contributed by atoms with Crippen molar-refractivity contribution >= 4 is 23.5 Å². The van der Waals surface area contributed by atoms with Gasteiger partial charge in [0.1, 0.15) is 11.6 Å². The molecule has 0 atom stereocenters. The number of nitriles is 1. The highest BCUT2D eigenvalue weighted by Gasteiger charge is 2.12. The highest BCUT2D eigenvalue weighted by Crippen LogP contribution is 2.16. The van der Waals surface area contributed by atoms with E-state index in [1.165, 1.54) is 5.56 Å². The molecule has 0 spiro atoms. The molecule has 0 aliphatic rings. The van der Waals surface area contributed by atoms with E-state index in [1.807, 2.05) is 18.2 Å². The van der Waals surface area contributed by atoms with E-state index in [-0.39, 0.29) is 11.4 Å². The number of benzene rings is 2. The van der Waals surface area contributed by atoms with E-state index >= 15 is 0 Å². The molecule has 22 heavy (non-hydrogen) atoms. The molecule has 0 radical (unpaired) electrons. The van der Waals surface area contributed by atoms with Gasteiger partial charge in [0.05, 0.1) is 0 Å². The maximum Gasteiger partial charge on any atom is 0.203 e. The van der Waals surface area contributed by atoms with Gasteiger partial charge in [0.2, 0.25) is 5.78 Å². The fraction of sp³-hybridized carbons (Fsp3) is 0.158. The Morgan fingerprint density at radius 2 is 1.77 bits per heavy atom. The number of halogens is 1. The van der Waals surface area contributed by atoms with Crippen LogP contribution in [0.5, 0.6) is 0 Å². The Morgan fingerprint density at radius 3 is 2.32 bits per heavy atom. The van der Waals surface area contributed by atoms with Gasteiger partial charge in [-0.25, -0.2) is 0 Å². The number of carbonyl (C=O) groups excluding carboxylic acids is 1. The van der Waals surface area contributed by atoms with Gasteiger partial charge in [0.25, 0.3) is 0 Å². The summed E-state index contributed by atoms with van der Waals surface area (Å²) in [5.74, 6) is -0.263. The van der Waals surface area contributed by atoms with Crippen molar-refractivity contribution in [3.8, 4) is 6.07 Å². The van der Waals surface area contributed by atoms with Gasteiger partial charge in [-0.2, -0.15) is 5.26 Å². The molecule has 2 aromatic rings. The summed E-state index contributed by atoms with van der Waals surface area (Å²) in [5, 5.41) is 9.87. The number of aryl methyl sites for hydroxylation is 1. The fourth-order valence-corrected chi connectivity index (χ4v) is 2.27. The van der Waals surface area contributed by atoms with Crippen LogP contribution in [0.3, 0.4) is 0 Å². The van der Waals surface area contributed by atoms with Crippen LogP contribution >= 0.6 is 11.6 Å². The van der Waals surface area contributed by atoms with Crippen LogP contribution in [-0.4, -0.2) is 5.78 Å². The van der Waals surface area contributed by atoms with Crippen molar-refractivity contribution in [1.29, 1.82) is 5.26 Å². The largest absolute Gasteiger partial charge is 0.288 e. The molecule has 0 aliphatic carbocycles. The van der Waals surface area contributed by atoms with Gasteiger partial charge in [-0.3, -0.25) is 4.79 Å². The maximum atomic E-state index is 12.4. The first-order valence-corrected chi connectivity index (χ1v) is 7.53. The quantitative estimate of drug-likeness (QED) is 0.439. The van der Waals surface area contributed by atoms with Gasteiger partial charge in [-0.15, -0.1) is 0 Å². The summed E-state index contributed by atoms with van der Waals surface area (Å²) in [6.07, 6.45) is 3.63. The zero-order valence-corrected chi connectivity index (χ0v) is 13.1. The second kappa shape index (κ2) is 7.59. The smallest absolute Gasteiger partial charge is 0.203 e. The molecule has 0 bridgehead atoms. The van der Waals surface area contributed by atoms with Crippen LogP contribution in [0.4, 0.5) is 0 Å². The number of ketones is 1. The van der Waals surface area contributed by atoms with Crippen LogP contribution in [0.15, 0.2) is 54.1 Å². The van der Waals surface area contributed by atoms with Gasteiger partial charge >= 0.3 is 0 Å². The van der Waals surface area contributed by atoms with E-state index in [0.29, 0.717) is 10.6 Å². The van der Waals surface area contributed by atoms with E-state index < -0.39 is 0 Å². The molecule has 2 rings (SSSR count). The summed E-state index contributed by atoms with van der Waals surface area (Å²) >= 11 is 5.83. The number of nitrogens with zero attached hydrogens (tertiary/aromatic N) is 1. The lowest BCUT2D eigenvalue weighted by atomic mass is 10.00. The lowest BCUT2D eigenvalue weighted by molar-refractivity contribution is 0.104. The molecule has 110 valence electrons. The average molecular weight is 310 g/mol. The van der Waals surface area contributed by atoms with E-state index in [1.54, 1.807) is 42.5 Å². The van der Waals surface area contributed by atoms with Crippen molar-refractivity contribution < 1.29 is 4.79 Å². The third-order valence-corrected chi connectivity index (χ3v) is 3.55. The topological polar surface area (TPSA) is 40.9 Å². The molecule has 2 nitrogen and oxygen atoms in total. The van der Waals surface area contributed by atoms with E-state index in [9.17, 15) is 10.1 Å². The van der Waals surface area contributed by atoms with Gasteiger partial charge in [0, 0.05) is 10.6 Å². The molecular weight excluding hydrogens is 294 g/mol. The monoisotopic (exact) mass is 309 g/mol. The maximum absolute atomic E-state index is 12.4. The minimum atomic E-state index is -0.263. The van der Waals surface area contributed by atoms with Gasteiger partial charge in [-0.1, -0.05) is 61.3 Å². The van der Waals surface area contributed by atoms with Crippen LogP contribution in [0, 0.1) is 11.3 Å². The van der Waals surface area contributed by atoms with Crippen molar-refractivity contribution in [2.24, 2.45) is 0 Å². The third kappa shape index (κ3) is 4.07. The summed E-state index contributed by atoms with van der Waals surface area (Å²) in [6, 6.07) is 16.4. The van der Waals surface area contributed by atoms with Gasteiger partial charge in [0.15, 0.2) is 0 Å². The Kier molecular flexibility index (Phi) is 5.52. The van der Waals surface area contributed by atoms with Crippen LogP contribution in [0.2, 0.25) is 5.02 Å². The first kappa shape index (κ1) is 16.0. The molecule has 0 aliphatic heterocycles. The molecular formula is C19H16ClNO. The summed E-state index contributed by atoms with van der Waals surface area (Å²) in [6.45, 7) is 2.11. The van der Waals surface area contributed by atoms with Gasteiger partial charge < -0.3 is 0 Å². The zero-order valence-electron chi connectivity index (χ0n) is 12.3. The number of Topliss-reactive ketones (excluding diaryl/α,β-unsaturated/α-hetero) is 1. The zero-order chi connectivity index (χ0) is 15.9. The minimum Gasteiger partial charge on any atom is -0.288 e. The Hall–Kier alpha value is -2.37. The Labute approximate surface area is 135 Å². The summed E-state index contributed by atoms with van der Waals surface area (Å²) < 4.78 is 0. The van der Waals surface area contributed by atoms with E-state index in [0.717, 1.165) is 18.4 Å². The first-order valence-electron chi connectivity index (χ1n) is 7.15. The van der Waals surface area contributed by atoms with Crippen molar-refractivity contribution in [2.45, 2.75) is 19.8 Å². The number of carbonyl (C=O) groups is 1. The fourth-order valence-electron chi connectivity index (χ4n) is 2.14. The standard InChI is InChI=1S/C19H16ClNO/c1-2-3-14-4-8-16(9-5-14)19(22)17(13-21)12-15-6-10-18(20)11-7-15/h4-12H,2-3H2,1H3/b17-12+. The van der Waals surface area contributed by atoms with Crippen molar-refractivity contribution in [2.75, 3.05) is 0 Å². The minimum absolute atomic E-state index is 0.116. The number of hydrogen-bond acceptors (Lipinski definition) is 2. The molecule has 0 N–H and O–H groups in total. The van der Waals surface area contributed by atoms with E-state index in [2.05, 4.69) is 6.92 Å². The molecule has 0 saturated carbocycles. The Bertz CT molecular complexity index is 722. The average Bonchev–Trinajstić information content (AvgIpc) is 2.55. The molecule has 0 heterocycles. The molecule has 0 fully saturated rings. The highest BCUT2D eigenvalue weighted by molar-refractivity contribution is 6.30. The molecule has 0 saturated heterocycles. The second-order valence-electron chi connectivity index (χ2n) is 5.00. The molecule has 2 aromatic carbocycles. The van der Waals surface area contributed by atoms with E-state index in [4.69, 9.17) is 11.6 Å². The molecule has 0 amide bonds. The Morgan fingerprint density at radius 1 is 1.14 bits per heavy atom. The first-order chi connectivity index (χ1) is 10.6. The predicted octanol–water partition coefficient (Wildman–Crippen LogP) is 5.08. The molecule has 0 unspecified atom stereocenters. The molecule has 3 heteroatoms. The lowest BCUT2D eigenvalue weighted by Crippen LogP contribution is -2.02. The Balaban J connectivity index is 2.25. The van der Waals surface area contributed by atoms with Crippen molar-refractivity contribution in [1.82, 2.24) is 0 Å². The normalized spacial score (nSPS) is 11.0. The second-order valence-corrected chi connectivity index (χ2v) is 5.43. The summed E-state index contributed by atoms with van der Waals surface area (Å²) in [5.41, 5.74) is 2.61. The summed E-state index contributed by atoms with van der Waals surface area (Å²) in [4.78, 5) is 12.4. The third-order valence-electron chi connectivity index (χ3n) is 3.30. The van der Waals surface area contributed by atoms with Crippen molar-refractivity contribution in [3.05, 3.63) is 75.8 Å². The number of hydrogen-bond donors (Lipinski definition) is 0. The van der Waals surface area contributed by atoms with Crippen LogP contribution in [0.1, 0.15) is 34.8 Å². The van der Waals surface area contributed by atoms with Crippen LogP contribution < -0.4 is 0 Å². The van der Waals surface area contributed by atoms with Crippen molar-refractivity contribution in [3.63, 3.8) is 0 Å². The predicted molar refractivity (Wildman–Crippen MR) is 89.8 cm³/mol. The number of rotatable bonds is 5.